The molecule has 1 heterocycles. The van der Waals surface area contributed by atoms with E-state index >= 15 is 0 Å². The summed E-state index contributed by atoms with van der Waals surface area (Å²) < 4.78 is 11.1. The number of hydrogen-bond donors (Lipinski definition) is 1. The third-order valence-corrected chi connectivity index (χ3v) is 2.19. The first kappa shape index (κ1) is 9.34. The van der Waals surface area contributed by atoms with Crippen LogP contribution in [0.4, 0.5) is 0 Å². The van der Waals surface area contributed by atoms with Gasteiger partial charge in [-0.25, -0.2) is 0 Å². The highest BCUT2D eigenvalue weighted by Crippen LogP contribution is 2.33. The van der Waals surface area contributed by atoms with Crippen LogP contribution in [0.2, 0.25) is 0 Å². The van der Waals surface area contributed by atoms with Crippen LogP contribution in [0.1, 0.15) is 12.5 Å². The van der Waals surface area contributed by atoms with Gasteiger partial charge in [0.15, 0.2) is 11.5 Å². The van der Waals surface area contributed by atoms with Gasteiger partial charge in [-0.2, -0.15) is 0 Å². The van der Waals surface area contributed by atoms with Crippen molar-refractivity contribution in [2.75, 3.05) is 13.2 Å². The zero-order valence-corrected chi connectivity index (χ0v) is 8.32. The van der Waals surface area contributed by atoms with Crippen molar-refractivity contribution < 1.29 is 9.47 Å². The van der Waals surface area contributed by atoms with Crippen LogP contribution in [-0.2, 0) is 6.42 Å². The van der Waals surface area contributed by atoms with Gasteiger partial charge in [0.1, 0.15) is 13.2 Å². The summed E-state index contributed by atoms with van der Waals surface area (Å²) in [5.41, 5.74) is 6.90. The topological polar surface area (TPSA) is 44.5 Å². The minimum atomic E-state index is 0.145. The van der Waals surface area contributed by atoms with E-state index in [1.54, 1.807) is 0 Å². The molecule has 76 valence electrons. The van der Waals surface area contributed by atoms with E-state index in [4.69, 9.17) is 15.2 Å². The fourth-order valence-electron chi connectivity index (χ4n) is 1.64. The zero-order chi connectivity index (χ0) is 9.97. The Morgan fingerprint density at radius 3 is 2.93 bits per heavy atom. The van der Waals surface area contributed by atoms with Gasteiger partial charge in [0.2, 0.25) is 0 Å². The van der Waals surface area contributed by atoms with Gasteiger partial charge in [-0.3, -0.25) is 0 Å². The molecule has 1 aliphatic heterocycles. The van der Waals surface area contributed by atoms with E-state index < -0.39 is 0 Å². The molecule has 0 aliphatic carbocycles. The first-order chi connectivity index (χ1) is 6.77. The highest BCUT2D eigenvalue weighted by atomic mass is 16.6. The predicted octanol–water partition coefficient (Wildman–Crippen LogP) is 1.35. The Morgan fingerprint density at radius 1 is 1.36 bits per heavy atom. The molecule has 0 saturated carbocycles. The monoisotopic (exact) mass is 193 g/mol. The predicted molar refractivity (Wildman–Crippen MR) is 54.8 cm³/mol. The molecule has 0 radical (unpaired) electrons. The molecule has 1 aliphatic rings. The highest BCUT2D eigenvalue weighted by molar-refractivity contribution is 5.47. The van der Waals surface area contributed by atoms with Gasteiger partial charge in [0, 0.05) is 6.04 Å². The van der Waals surface area contributed by atoms with Crippen LogP contribution < -0.4 is 15.2 Å². The lowest BCUT2D eigenvalue weighted by atomic mass is 10.1. The average Bonchev–Trinajstić information content (AvgIpc) is 2.18. The summed E-state index contributed by atoms with van der Waals surface area (Å²) in [6.07, 6.45) is 0.826. The lowest BCUT2D eigenvalue weighted by Crippen LogP contribution is -2.21. The minimum Gasteiger partial charge on any atom is -0.486 e. The molecule has 0 saturated heterocycles. The summed E-state index contributed by atoms with van der Waals surface area (Å²) in [6, 6.07) is 6.09. The number of rotatable bonds is 2. The molecule has 2 N–H and O–H groups in total. The van der Waals surface area contributed by atoms with Crippen molar-refractivity contribution in [3.63, 3.8) is 0 Å². The molecule has 1 unspecified atom stereocenters. The van der Waals surface area contributed by atoms with Gasteiger partial charge in [0.05, 0.1) is 0 Å². The molecule has 0 fully saturated rings. The largest absolute Gasteiger partial charge is 0.486 e. The number of para-hydroxylation sites is 1. The number of benzene rings is 1. The van der Waals surface area contributed by atoms with E-state index in [2.05, 4.69) is 0 Å². The zero-order valence-electron chi connectivity index (χ0n) is 8.32. The van der Waals surface area contributed by atoms with E-state index in [0.29, 0.717) is 13.2 Å². The van der Waals surface area contributed by atoms with Crippen molar-refractivity contribution in [1.29, 1.82) is 0 Å². The fraction of sp³-hybridized carbons (Fsp3) is 0.455. The molecule has 3 nitrogen and oxygen atoms in total. The SMILES string of the molecule is CC(N)Cc1cccc2c1OCCO2. The van der Waals surface area contributed by atoms with E-state index in [-0.39, 0.29) is 6.04 Å². The maximum Gasteiger partial charge on any atom is 0.164 e. The Balaban J connectivity index is 2.30. The van der Waals surface area contributed by atoms with Crippen LogP contribution in [-0.4, -0.2) is 19.3 Å². The lowest BCUT2D eigenvalue weighted by molar-refractivity contribution is 0.170. The van der Waals surface area contributed by atoms with Crippen LogP contribution >= 0.6 is 0 Å². The molecule has 0 spiro atoms. The maximum atomic E-state index is 5.76. The lowest BCUT2D eigenvalue weighted by Gasteiger charge is -2.21. The van der Waals surface area contributed by atoms with Gasteiger partial charge >= 0.3 is 0 Å². The van der Waals surface area contributed by atoms with E-state index in [9.17, 15) is 0 Å². The first-order valence-electron chi connectivity index (χ1n) is 4.90. The molecular formula is C11H15NO2. The second-order valence-corrected chi connectivity index (χ2v) is 3.62. The van der Waals surface area contributed by atoms with Crippen molar-refractivity contribution in [3.8, 4) is 11.5 Å². The van der Waals surface area contributed by atoms with Gasteiger partial charge in [-0.15, -0.1) is 0 Å². The Kier molecular flexibility index (Phi) is 2.59. The average molecular weight is 193 g/mol. The molecule has 0 bridgehead atoms. The van der Waals surface area contributed by atoms with Crippen molar-refractivity contribution in [2.45, 2.75) is 19.4 Å². The molecule has 0 amide bonds. The summed E-state index contributed by atoms with van der Waals surface area (Å²) in [5, 5.41) is 0. The Morgan fingerprint density at radius 2 is 2.14 bits per heavy atom. The van der Waals surface area contributed by atoms with Crippen molar-refractivity contribution in [3.05, 3.63) is 23.8 Å². The second-order valence-electron chi connectivity index (χ2n) is 3.62. The fourth-order valence-corrected chi connectivity index (χ4v) is 1.64. The molecule has 14 heavy (non-hydrogen) atoms. The van der Waals surface area contributed by atoms with Crippen LogP contribution in [0.25, 0.3) is 0 Å². The van der Waals surface area contributed by atoms with E-state index in [1.165, 1.54) is 0 Å². The standard InChI is InChI=1S/C11H15NO2/c1-8(12)7-9-3-2-4-10-11(9)14-6-5-13-10/h2-4,8H,5-7,12H2,1H3. The second kappa shape index (κ2) is 3.88. The van der Waals surface area contributed by atoms with Crippen LogP contribution in [0, 0.1) is 0 Å². The highest BCUT2D eigenvalue weighted by Gasteiger charge is 2.15. The van der Waals surface area contributed by atoms with Crippen LogP contribution in [0.3, 0.4) is 0 Å². The van der Waals surface area contributed by atoms with E-state index in [0.717, 1.165) is 23.5 Å². The van der Waals surface area contributed by atoms with Gasteiger partial charge in [-0.1, -0.05) is 12.1 Å². The molecule has 2 rings (SSSR count). The van der Waals surface area contributed by atoms with Crippen LogP contribution in [0.5, 0.6) is 11.5 Å². The molecule has 3 heteroatoms. The summed E-state index contributed by atoms with van der Waals surface area (Å²) in [4.78, 5) is 0. The van der Waals surface area contributed by atoms with Crippen molar-refractivity contribution in [1.82, 2.24) is 0 Å². The van der Waals surface area contributed by atoms with Crippen molar-refractivity contribution in [2.24, 2.45) is 5.73 Å². The van der Waals surface area contributed by atoms with Crippen molar-refractivity contribution >= 4 is 0 Å². The summed E-state index contributed by atoms with van der Waals surface area (Å²) >= 11 is 0. The molecule has 0 aromatic heterocycles. The number of nitrogens with two attached hydrogens (primary N) is 1. The molecule has 1 aromatic carbocycles. The minimum absolute atomic E-state index is 0.145. The van der Waals surface area contributed by atoms with Gasteiger partial charge < -0.3 is 15.2 Å². The third kappa shape index (κ3) is 1.82. The summed E-state index contributed by atoms with van der Waals surface area (Å²) in [6.45, 7) is 3.25. The van der Waals surface area contributed by atoms with Gasteiger partial charge in [-0.05, 0) is 25.0 Å². The Bertz CT molecular complexity index is 323. The third-order valence-electron chi connectivity index (χ3n) is 2.19. The number of fused-ring (bicyclic) bond motifs is 1. The Labute approximate surface area is 83.8 Å². The smallest absolute Gasteiger partial charge is 0.164 e. The Hall–Kier alpha value is -1.22. The maximum absolute atomic E-state index is 5.76. The number of ether oxygens (including phenoxy) is 2. The molecular weight excluding hydrogens is 178 g/mol. The number of hydrogen-bond acceptors (Lipinski definition) is 3. The van der Waals surface area contributed by atoms with E-state index in [1.807, 2.05) is 25.1 Å². The molecule has 1 aromatic rings. The first-order valence-corrected chi connectivity index (χ1v) is 4.90. The van der Waals surface area contributed by atoms with Crippen LogP contribution in [0.15, 0.2) is 18.2 Å². The summed E-state index contributed by atoms with van der Waals surface area (Å²) in [5.74, 6) is 1.71. The quantitative estimate of drug-likeness (QED) is 0.771. The van der Waals surface area contributed by atoms with Gasteiger partial charge in [0.25, 0.3) is 0 Å². The summed E-state index contributed by atoms with van der Waals surface area (Å²) in [7, 11) is 0. The normalized spacial score (nSPS) is 16.4. The molecule has 1 atom stereocenters.